The first-order chi connectivity index (χ1) is 12.2. The lowest BCUT2D eigenvalue weighted by Crippen LogP contribution is -2.43. The van der Waals surface area contributed by atoms with Gasteiger partial charge in [-0.15, -0.1) is 0 Å². The zero-order chi connectivity index (χ0) is 17.6. The third-order valence-electron chi connectivity index (χ3n) is 4.95. The van der Waals surface area contributed by atoms with E-state index in [0.717, 1.165) is 37.0 Å². The summed E-state index contributed by atoms with van der Waals surface area (Å²) in [5, 5.41) is 12.5. The summed E-state index contributed by atoms with van der Waals surface area (Å²) in [4.78, 5) is 16.5. The van der Waals surface area contributed by atoms with Crippen LogP contribution in [0.25, 0.3) is 11.3 Å². The second kappa shape index (κ2) is 8.30. The number of aryl methyl sites for hydroxylation is 2. The molecule has 0 saturated heterocycles. The van der Waals surface area contributed by atoms with E-state index >= 15 is 0 Å². The zero-order valence-electron chi connectivity index (χ0n) is 14.7. The van der Waals surface area contributed by atoms with E-state index in [0.29, 0.717) is 18.7 Å². The number of nitrogens with zero attached hydrogens (tertiary/aromatic N) is 1. The van der Waals surface area contributed by atoms with Gasteiger partial charge in [0.2, 0.25) is 5.91 Å². The molecule has 2 unspecified atom stereocenters. The van der Waals surface area contributed by atoms with Crippen LogP contribution in [0, 0.1) is 12.8 Å². The summed E-state index contributed by atoms with van der Waals surface area (Å²) in [5.41, 5.74) is 2.19. The fourth-order valence-corrected chi connectivity index (χ4v) is 3.39. The number of hydrogen-bond acceptors (Lipinski definition) is 4. The number of benzene rings is 1. The second-order valence-electron chi connectivity index (χ2n) is 6.89. The van der Waals surface area contributed by atoms with Gasteiger partial charge < -0.3 is 14.8 Å². The minimum Gasteiger partial charge on any atom is -0.441 e. The molecule has 2 N–H and O–H groups in total. The third kappa shape index (κ3) is 4.69. The normalized spacial score (nSPS) is 20.4. The molecular weight excluding hydrogens is 316 g/mol. The van der Waals surface area contributed by atoms with Crippen molar-refractivity contribution in [2.45, 2.75) is 51.5 Å². The van der Waals surface area contributed by atoms with E-state index < -0.39 is 0 Å². The predicted octanol–water partition coefficient (Wildman–Crippen LogP) is 3.25. The van der Waals surface area contributed by atoms with Crippen molar-refractivity contribution in [1.29, 1.82) is 0 Å². The number of amides is 1. The molecule has 5 nitrogen and oxygen atoms in total. The maximum absolute atomic E-state index is 12.2. The minimum absolute atomic E-state index is 0.000404. The number of carbonyl (C=O) groups is 1. The summed E-state index contributed by atoms with van der Waals surface area (Å²) >= 11 is 0. The van der Waals surface area contributed by atoms with Gasteiger partial charge in [-0.3, -0.25) is 4.79 Å². The Hall–Kier alpha value is -2.14. The maximum Gasteiger partial charge on any atom is 0.220 e. The van der Waals surface area contributed by atoms with Crippen LogP contribution in [0.3, 0.4) is 0 Å². The predicted molar refractivity (Wildman–Crippen MR) is 96.0 cm³/mol. The summed E-state index contributed by atoms with van der Waals surface area (Å²) < 4.78 is 5.76. The SMILES string of the molecule is Cc1ccc(-c2cnc(CCC(=O)NC3CCCCC3CO)o2)cc1. The van der Waals surface area contributed by atoms with Crippen LogP contribution in [0.2, 0.25) is 0 Å². The molecule has 2 atom stereocenters. The molecule has 3 rings (SSSR count). The molecule has 1 amide bonds. The van der Waals surface area contributed by atoms with Gasteiger partial charge in [-0.2, -0.15) is 0 Å². The summed E-state index contributed by atoms with van der Waals surface area (Å²) in [6.07, 6.45) is 6.73. The van der Waals surface area contributed by atoms with Gasteiger partial charge in [0, 0.05) is 37.0 Å². The monoisotopic (exact) mass is 342 g/mol. The van der Waals surface area contributed by atoms with Gasteiger partial charge in [0.1, 0.15) is 0 Å². The molecule has 1 aliphatic rings. The van der Waals surface area contributed by atoms with Crippen molar-refractivity contribution in [3.05, 3.63) is 41.9 Å². The van der Waals surface area contributed by atoms with E-state index in [1.54, 1.807) is 6.20 Å². The molecule has 1 saturated carbocycles. The quantitative estimate of drug-likeness (QED) is 0.845. The molecule has 1 heterocycles. The molecule has 1 aromatic carbocycles. The number of aromatic nitrogens is 1. The van der Waals surface area contributed by atoms with Gasteiger partial charge in [-0.1, -0.05) is 42.7 Å². The Balaban J connectivity index is 1.51. The summed E-state index contributed by atoms with van der Waals surface area (Å²) in [6, 6.07) is 8.17. The van der Waals surface area contributed by atoms with Crippen molar-refractivity contribution in [2.75, 3.05) is 6.61 Å². The van der Waals surface area contributed by atoms with Crippen LogP contribution in [0.5, 0.6) is 0 Å². The van der Waals surface area contributed by atoms with Crippen LogP contribution in [0.1, 0.15) is 43.6 Å². The lowest BCUT2D eigenvalue weighted by molar-refractivity contribution is -0.122. The highest BCUT2D eigenvalue weighted by Crippen LogP contribution is 2.24. The molecule has 0 radical (unpaired) electrons. The minimum atomic E-state index is 0.000404. The number of aliphatic hydroxyl groups excluding tert-OH is 1. The molecule has 2 aromatic rings. The summed E-state index contributed by atoms with van der Waals surface area (Å²) in [5.74, 6) is 1.49. The van der Waals surface area contributed by atoms with E-state index in [4.69, 9.17) is 4.42 Å². The first-order valence-electron chi connectivity index (χ1n) is 9.07. The van der Waals surface area contributed by atoms with Gasteiger partial charge in [-0.25, -0.2) is 4.98 Å². The van der Waals surface area contributed by atoms with Gasteiger partial charge >= 0.3 is 0 Å². The Kier molecular flexibility index (Phi) is 5.87. The highest BCUT2D eigenvalue weighted by molar-refractivity contribution is 5.76. The standard InChI is InChI=1S/C20H26N2O3/c1-14-6-8-15(9-7-14)18-12-21-20(25-18)11-10-19(24)22-17-5-3-2-4-16(17)13-23/h6-9,12,16-17,23H,2-5,10-11,13H2,1H3,(H,22,24). The number of oxazole rings is 1. The molecule has 1 fully saturated rings. The highest BCUT2D eigenvalue weighted by Gasteiger charge is 2.25. The average molecular weight is 342 g/mol. The van der Waals surface area contributed by atoms with E-state index in [2.05, 4.69) is 10.3 Å². The van der Waals surface area contributed by atoms with E-state index in [9.17, 15) is 9.90 Å². The maximum atomic E-state index is 12.2. The molecule has 0 spiro atoms. The Labute approximate surface area is 148 Å². The Morgan fingerprint density at radius 2 is 2.04 bits per heavy atom. The number of hydrogen-bond donors (Lipinski definition) is 2. The zero-order valence-corrected chi connectivity index (χ0v) is 14.7. The molecular formula is C20H26N2O3. The van der Waals surface area contributed by atoms with Crippen LogP contribution in [0.15, 0.2) is 34.9 Å². The van der Waals surface area contributed by atoms with Gasteiger partial charge in [0.25, 0.3) is 0 Å². The van der Waals surface area contributed by atoms with Crippen LogP contribution >= 0.6 is 0 Å². The Morgan fingerprint density at radius 3 is 2.80 bits per heavy atom. The smallest absolute Gasteiger partial charge is 0.220 e. The van der Waals surface area contributed by atoms with Gasteiger partial charge in [0.05, 0.1) is 6.20 Å². The van der Waals surface area contributed by atoms with Gasteiger partial charge in [-0.05, 0) is 19.8 Å². The molecule has 1 aromatic heterocycles. The molecule has 1 aliphatic carbocycles. The number of nitrogens with one attached hydrogen (secondary N) is 1. The van der Waals surface area contributed by atoms with Crippen molar-refractivity contribution in [3.8, 4) is 11.3 Å². The van der Waals surface area contributed by atoms with Crippen molar-refractivity contribution in [3.63, 3.8) is 0 Å². The second-order valence-corrected chi connectivity index (χ2v) is 6.89. The van der Waals surface area contributed by atoms with Crippen LogP contribution in [0.4, 0.5) is 0 Å². The van der Waals surface area contributed by atoms with Crippen molar-refractivity contribution in [2.24, 2.45) is 5.92 Å². The van der Waals surface area contributed by atoms with Gasteiger partial charge in [0.15, 0.2) is 11.7 Å². The molecule has 134 valence electrons. The summed E-state index contributed by atoms with van der Waals surface area (Å²) in [7, 11) is 0. The molecule has 25 heavy (non-hydrogen) atoms. The van der Waals surface area contributed by atoms with E-state index in [1.807, 2.05) is 31.2 Å². The largest absolute Gasteiger partial charge is 0.441 e. The Bertz CT molecular complexity index is 693. The highest BCUT2D eigenvalue weighted by atomic mass is 16.4. The number of rotatable bonds is 6. The van der Waals surface area contributed by atoms with Crippen molar-refractivity contribution < 1.29 is 14.3 Å². The summed E-state index contributed by atoms with van der Waals surface area (Å²) in [6.45, 7) is 2.19. The number of carbonyl (C=O) groups excluding carboxylic acids is 1. The third-order valence-corrected chi connectivity index (χ3v) is 4.95. The first-order valence-corrected chi connectivity index (χ1v) is 9.07. The Morgan fingerprint density at radius 1 is 1.28 bits per heavy atom. The lowest BCUT2D eigenvalue weighted by Gasteiger charge is -2.30. The van der Waals surface area contributed by atoms with Crippen molar-refractivity contribution >= 4 is 5.91 Å². The van der Waals surface area contributed by atoms with E-state index in [-0.39, 0.29) is 24.5 Å². The first kappa shape index (κ1) is 17.7. The number of aliphatic hydroxyl groups is 1. The van der Waals surface area contributed by atoms with Crippen LogP contribution in [-0.2, 0) is 11.2 Å². The van der Waals surface area contributed by atoms with Crippen LogP contribution < -0.4 is 5.32 Å². The average Bonchev–Trinajstić information content (AvgIpc) is 3.10. The topological polar surface area (TPSA) is 75.4 Å². The van der Waals surface area contributed by atoms with E-state index in [1.165, 1.54) is 5.56 Å². The molecule has 5 heteroatoms. The fraction of sp³-hybridized carbons (Fsp3) is 0.500. The molecule has 0 aliphatic heterocycles. The fourth-order valence-electron chi connectivity index (χ4n) is 3.39. The molecule has 0 bridgehead atoms. The van der Waals surface area contributed by atoms with Crippen molar-refractivity contribution in [1.82, 2.24) is 10.3 Å². The van der Waals surface area contributed by atoms with Crippen LogP contribution in [-0.4, -0.2) is 28.6 Å². The lowest BCUT2D eigenvalue weighted by atomic mass is 9.85.